The van der Waals surface area contributed by atoms with Crippen molar-refractivity contribution in [1.29, 1.82) is 0 Å². The van der Waals surface area contributed by atoms with E-state index in [4.69, 9.17) is 6.64 Å². The Kier molecular flexibility index (Phi) is 6.27. The van der Waals surface area contributed by atoms with E-state index in [1.165, 1.54) is 19.2 Å². The molecule has 148 valence electrons. The number of rotatable bonds is 4. The van der Waals surface area contributed by atoms with Gasteiger partial charge in [0, 0.05) is 0 Å². The summed E-state index contributed by atoms with van der Waals surface area (Å²) < 4.78 is 89.7. The molecule has 1 aliphatic heterocycles. The summed E-state index contributed by atoms with van der Waals surface area (Å²) in [4.78, 5) is 0. The van der Waals surface area contributed by atoms with Gasteiger partial charge in [-0.3, -0.25) is 0 Å². The maximum atomic E-state index is 12.8. The predicted molar refractivity (Wildman–Crippen MR) is 76.3 cm³/mol. The monoisotopic (exact) mass is 414 g/mol. The molecule has 1 rings (SSSR count). The van der Waals surface area contributed by atoms with Crippen molar-refractivity contribution in [3.8, 4) is 0 Å². The third-order valence-electron chi connectivity index (χ3n) is 3.27. The van der Waals surface area contributed by atoms with E-state index in [2.05, 4.69) is 0 Å². The van der Waals surface area contributed by atoms with Crippen LogP contribution in [0.4, 0.5) is 26.3 Å². The van der Waals surface area contributed by atoms with E-state index in [1.807, 2.05) is 0 Å². The van der Waals surface area contributed by atoms with Gasteiger partial charge in [-0.1, -0.05) is 0 Å². The molecule has 0 spiro atoms. The summed E-state index contributed by atoms with van der Waals surface area (Å²) in [5, 5.41) is 0. The van der Waals surface area contributed by atoms with Crippen LogP contribution in [0.2, 0.25) is 0 Å². The molecular formula is C14H24F6N2O2Ti. The Morgan fingerprint density at radius 1 is 0.680 bits per heavy atom. The Bertz CT molecular complexity index is 450. The van der Waals surface area contributed by atoms with Gasteiger partial charge in [0.15, 0.2) is 0 Å². The first kappa shape index (κ1) is 22.6. The molecule has 0 N–H and O–H groups in total. The van der Waals surface area contributed by atoms with Crippen LogP contribution >= 0.6 is 0 Å². The van der Waals surface area contributed by atoms with Crippen molar-refractivity contribution in [3.05, 3.63) is 12.4 Å². The van der Waals surface area contributed by atoms with Crippen LogP contribution in [0.15, 0.2) is 12.4 Å². The van der Waals surface area contributed by atoms with E-state index in [9.17, 15) is 26.3 Å². The molecule has 0 fully saturated rings. The normalized spacial score (nSPS) is 19.0. The first-order valence-corrected chi connectivity index (χ1v) is 10.2. The molecule has 0 radical (unpaired) electrons. The van der Waals surface area contributed by atoms with E-state index < -0.39 is 54.5 Å². The predicted octanol–water partition coefficient (Wildman–Crippen LogP) is 4.64. The van der Waals surface area contributed by atoms with Gasteiger partial charge >= 0.3 is 148 Å². The molecule has 0 unspecified atom stereocenters. The molecule has 0 aliphatic carbocycles. The third kappa shape index (κ3) is 6.04. The molecule has 0 bridgehead atoms. The minimum absolute atomic E-state index is 0.784. The number of alkyl halides is 6. The Hall–Kier alpha value is -0.446. The molecule has 4 nitrogen and oxygen atoms in total. The van der Waals surface area contributed by atoms with Crippen LogP contribution in [0.3, 0.4) is 0 Å². The van der Waals surface area contributed by atoms with Crippen molar-refractivity contribution in [2.75, 3.05) is 13.2 Å². The number of hydrogen-bond donors (Lipinski definition) is 0. The second kappa shape index (κ2) is 6.94. The summed E-state index contributed by atoms with van der Waals surface area (Å²) in [5.41, 5.74) is -1.57. The van der Waals surface area contributed by atoms with Crippen LogP contribution in [0.5, 0.6) is 0 Å². The van der Waals surface area contributed by atoms with Gasteiger partial charge in [-0.15, -0.1) is 0 Å². The van der Waals surface area contributed by atoms with Crippen molar-refractivity contribution in [3.63, 3.8) is 0 Å². The van der Waals surface area contributed by atoms with Gasteiger partial charge in [0.2, 0.25) is 0 Å². The molecular weight excluding hydrogens is 390 g/mol. The quantitative estimate of drug-likeness (QED) is 0.494. The fraction of sp³-hybridized carbons (Fsp3) is 0.857. The molecule has 0 saturated carbocycles. The summed E-state index contributed by atoms with van der Waals surface area (Å²) in [6, 6.07) is 0. The molecule has 0 saturated heterocycles. The van der Waals surface area contributed by atoms with Crippen LogP contribution < -0.4 is 0 Å². The summed E-state index contributed by atoms with van der Waals surface area (Å²) in [7, 11) is 0. The van der Waals surface area contributed by atoms with Crippen molar-refractivity contribution < 1.29 is 50.9 Å². The first-order chi connectivity index (χ1) is 10.9. The zero-order valence-corrected chi connectivity index (χ0v) is 16.6. The average Bonchev–Trinajstić information content (AvgIpc) is 2.72. The van der Waals surface area contributed by atoms with Crippen molar-refractivity contribution in [2.45, 2.75) is 65.0 Å². The molecule has 1 aliphatic rings. The van der Waals surface area contributed by atoms with Gasteiger partial charge in [-0.25, -0.2) is 0 Å². The molecule has 25 heavy (non-hydrogen) atoms. The van der Waals surface area contributed by atoms with Crippen LogP contribution in [0.25, 0.3) is 0 Å². The minimum atomic E-state index is -4.93. The van der Waals surface area contributed by atoms with Crippen LogP contribution in [0.1, 0.15) is 41.5 Å². The van der Waals surface area contributed by atoms with E-state index in [-0.39, 0.29) is 0 Å². The second-order valence-electron chi connectivity index (χ2n) is 7.74. The topological polar surface area (TPSA) is 24.9 Å². The standard InChI is InChI=1S/C10H20N2.2C2H2F3O.Ti/c1-9(2,3)11-7-8-12-10(4,5)6;2*3-2(4,5)1-6;/h7-8H,1-6H3;2*1H2;/q-2;2*-1;+4. The van der Waals surface area contributed by atoms with Crippen molar-refractivity contribution in [2.24, 2.45) is 0 Å². The first-order valence-electron chi connectivity index (χ1n) is 7.57. The third-order valence-corrected chi connectivity index (χ3v) is 9.35. The van der Waals surface area contributed by atoms with E-state index >= 15 is 0 Å². The van der Waals surface area contributed by atoms with Crippen LogP contribution in [-0.2, 0) is 24.5 Å². The molecule has 11 heteroatoms. The van der Waals surface area contributed by atoms with Crippen molar-refractivity contribution >= 4 is 0 Å². The SMILES string of the molecule is CC(C)(C)[N]1C=C[N](C(C)(C)C)[Ti]1([O]CC(F)(F)F)[O]CC(F)(F)F. The average molecular weight is 414 g/mol. The maximum absolute atomic E-state index is 12.8. The van der Waals surface area contributed by atoms with Gasteiger partial charge in [-0.2, -0.15) is 0 Å². The fourth-order valence-corrected chi connectivity index (χ4v) is 8.31. The van der Waals surface area contributed by atoms with Gasteiger partial charge in [0.25, 0.3) is 0 Å². The van der Waals surface area contributed by atoms with Crippen molar-refractivity contribution in [1.82, 2.24) is 6.76 Å². The van der Waals surface area contributed by atoms with Gasteiger partial charge in [0.05, 0.1) is 0 Å². The number of halogens is 6. The van der Waals surface area contributed by atoms with E-state index in [0.29, 0.717) is 0 Å². The second-order valence-corrected chi connectivity index (χ2v) is 11.9. The molecule has 0 amide bonds. The summed E-state index contributed by atoms with van der Waals surface area (Å²) >= 11 is -4.93. The summed E-state index contributed by atoms with van der Waals surface area (Å²) in [6.07, 6.45) is -6.46. The molecule has 0 aromatic rings. The Labute approximate surface area is 148 Å². The zero-order valence-electron chi connectivity index (χ0n) is 15.0. The molecule has 0 aromatic carbocycles. The number of nitrogens with zero attached hydrogens (tertiary/aromatic N) is 2. The van der Waals surface area contributed by atoms with Gasteiger partial charge in [-0.05, 0) is 0 Å². The Balaban J connectivity index is 3.36. The fourth-order valence-electron chi connectivity index (χ4n) is 2.40. The van der Waals surface area contributed by atoms with Crippen LogP contribution in [-0.4, -0.2) is 43.4 Å². The Morgan fingerprint density at radius 3 is 1.16 bits per heavy atom. The zero-order chi connectivity index (χ0) is 19.9. The van der Waals surface area contributed by atoms with Gasteiger partial charge < -0.3 is 0 Å². The van der Waals surface area contributed by atoms with E-state index in [0.717, 1.165) is 0 Å². The van der Waals surface area contributed by atoms with Gasteiger partial charge in [0.1, 0.15) is 0 Å². The molecule has 1 heterocycles. The number of hydrogen-bond acceptors (Lipinski definition) is 4. The Morgan fingerprint density at radius 2 is 0.960 bits per heavy atom. The molecule has 0 atom stereocenters. The van der Waals surface area contributed by atoms with E-state index in [1.54, 1.807) is 41.5 Å². The molecule has 0 aromatic heterocycles. The summed E-state index contributed by atoms with van der Waals surface area (Å²) in [5.74, 6) is 0. The van der Waals surface area contributed by atoms with Crippen LogP contribution in [0, 0.1) is 0 Å². The summed E-state index contributed by atoms with van der Waals surface area (Å²) in [6.45, 7) is 6.72.